The van der Waals surface area contributed by atoms with Crippen molar-refractivity contribution in [3.63, 3.8) is 0 Å². The Morgan fingerprint density at radius 3 is 3.00 bits per heavy atom. The van der Waals surface area contributed by atoms with Crippen LogP contribution in [0.2, 0.25) is 0 Å². The molecule has 0 aromatic carbocycles. The fourth-order valence-electron chi connectivity index (χ4n) is 2.23. The van der Waals surface area contributed by atoms with Gasteiger partial charge >= 0.3 is 0 Å². The fraction of sp³-hybridized carbons (Fsp3) is 0.214. The van der Waals surface area contributed by atoms with Gasteiger partial charge in [0.15, 0.2) is 11.9 Å². The number of thiophene rings is 1. The minimum Gasteiger partial charge on any atom is -0.381 e. The molecule has 0 amide bonds. The largest absolute Gasteiger partial charge is 0.381 e. The Morgan fingerprint density at radius 1 is 1.35 bits per heavy atom. The Hall–Kier alpha value is -2.21. The number of aldehydes is 1. The molecule has 4 rings (SSSR count). The van der Waals surface area contributed by atoms with E-state index >= 15 is 0 Å². The number of fused-ring (bicyclic) bond motifs is 1. The summed E-state index contributed by atoms with van der Waals surface area (Å²) in [6.45, 7) is 0. The van der Waals surface area contributed by atoms with Gasteiger partial charge in [-0.25, -0.2) is 4.98 Å². The van der Waals surface area contributed by atoms with Crippen LogP contribution in [0.3, 0.4) is 0 Å². The number of pyridine rings is 1. The number of H-pyrrole nitrogens is 1. The van der Waals surface area contributed by atoms with Crippen molar-refractivity contribution in [3.05, 3.63) is 29.4 Å². The van der Waals surface area contributed by atoms with Gasteiger partial charge in [-0.05, 0) is 25.0 Å². The number of aromatic nitrogens is 3. The van der Waals surface area contributed by atoms with Gasteiger partial charge in [0.25, 0.3) is 0 Å². The van der Waals surface area contributed by atoms with E-state index in [9.17, 15) is 4.79 Å². The summed E-state index contributed by atoms with van der Waals surface area (Å²) in [5, 5.41) is 11.5. The van der Waals surface area contributed by atoms with Crippen LogP contribution < -0.4 is 5.32 Å². The molecule has 2 N–H and O–H groups in total. The summed E-state index contributed by atoms with van der Waals surface area (Å²) >= 11 is 1.48. The van der Waals surface area contributed by atoms with Crippen molar-refractivity contribution >= 4 is 34.3 Å². The van der Waals surface area contributed by atoms with Crippen molar-refractivity contribution in [2.45, 2.75) is 18.9 Å². The monoisotopic (exact) mass is 284 g/mol. The minimum absolute atomic E-state index is 0.541. The molecule has 0 radical (unpaired) electrons. The highest BCUT2D eigenvalue weighted by molar-refractivity contribution is 7.17. The van der Waals surface area contributed by atoms with Gasteiger partial charge in [-0.15, -0.1) is 11.3 Å². The zero-order valence-electron chi connectivity index (χ0n) is 10.6. The zero-order valence-corrected chi connectivity index (χ0v) is 11.4. The van der Waals surface area contributed by atoms with Crippen molar-refractivity contribution < 1.29 is 4.79 Å². The molecule has 3 aromatic heterocycles. The number of hydrogen-bond donors (Lipinski definition) is 2. The van der Waals surface area contributed by atoms with Crippen molar-refractivity contribution in [1.82, 2.24) is 15.2 Å². The maximum atomic E-state index is 10.9. The van der Waals surface area contributed by atoms with Gasteiger partial charge in [-0.3, -0.25) is 9.89 Å². The van der Waals surface area contributed by atoms with Crippen LogP contribution in [0.15, 0.2) is 24.5 Å². The molecule has 0 unspecified atom stereocenters. The van der Waals surface area contributed by atoms with Gasteiger partial charge in [-0.2, -0.15) is 5.10 Å². The second kappa shape index (κ2) is 4.42. The van der Waals surface area contributed by atoms with Crippen LogP contribution in [0.25, 0.3) is 21.5 Å². The minimum atomic E-state index is 0.541. The average molecular weight is 284 g/mol. The van der Waals surface area contributed by atoms with Crippen LogP contribution >= 0.6 is 11.3 Å². The second-order valence-corrected chi connectivity index (χ2v) is 6.03. The maximum Gasteiger partial charge on any atom is 0.160 e. The Bertz CT molecular complexity index is 787. The standard InChI is InChI=1S/C14H12N4OS/c19-7-9-3-4-12(20-9)10-5-15-14-11(6-16-18-14)13(10)17-8-1-2-8/h3-8H,1-2H2,(H2,15,16,17,18). The molecule has 1 fully saturated rings. The third-order valence-corrected chi connectivity index (χ3v) is 4.46. The Kier molecular flexibility index (Phi) is 2.56. The third kappa shape index (κ3) is 1.89. The highest BCUT2D eigenvalue weighted by Gasteiger charge is 2.24. The van der Waals surface area contributed by atoms with Crippen LogP contribution in [-0.2, 0) is 0 Å². The average Bonchev–Trinajstić information content (AvgIpc) is 2.98. The van der Waals surface area contributed by atoms with Gasteiger partial charge in [0.1, 0.15) is 0 Å². The van der Waals surface area contributed by atoms with E-state index in [2.05, 4.69) is 20.5 Å². The smallest absolute Gasteiger partial charge is 0.160 e. The first-order valence-corrected chi connectivity index (χ1v) is 7.31. The van der Waals surface area contributed by atoms with Crippen LogP contribution in [0, 0.1) is 0 Å². The molecule has 1 aliphatic rings. The predicted octanol–water partition coefficient (Wildman–Crippen LogP) is 3.07. The second-order valence-electron chi connectivity index (χ2n) is 4.92. The first-order chi connectivity index (χ1) is 9.85. The summed E-state index contributed by atoms with van der Waals surface area (Å²) in [6.07, 6.45) is 6.92. The number of aromatic amines is 1. The highest BCUT2D eigenvalue weighted by Crippen LogP contribution is 2.38. The lowest BCUT2D eigenvalue weighted by atomic mass is 10.1. The fourth-order valence-corrected chi connectivity index (χ4v) is 3.07. The van der Waals surface area contributed by atoms with E-state index in [-0.39, 0.29) is 0 Å². The van der Waals surface area contributed by atoms with Gasteiger partial charge in [-0.1, -0.05) is 0 Å². The van der Waals surface area contributed by atoms with Crippen molar-refractivity contribution in [2.75, 3.05) is 5.32 Å². The lowest BCUT2D eigenvalue weighted by molar-refractivity contribution is 0.112. The predicted molar refractivity (Wildman–Crippen MR) is 79.2 cm³/mol. The molecule has 0 aliphatic heterocycles. The quantitative estimate of drug-likeness (QED) is 0.722. The zero-order chi connectivity index (χ0) is 13.5. The number of carbonyl (C=O) groups is 1. The molecule has 0 atom stereocenters. The summed E-state index contributed by atoms with van der Waals surface area (Å²) < 4.78 is 0. The summed E-state index contributed by atoms with van der Waals surface area (Å²) in [5.41, 5.74) is 2.87. The molecule has 100 valence electrons. The van der Waals surface area contributed by atoms with E-state index in [4.69, 9.17) is 0 Å². The lowest BCUT2D eigenvalue weighted by Gasteiger charge is -2.10. The van der Waals surface area contributed by atoms with E-state index in [1.165, 1.54) is 24.2 Å². The van der Waals surface area contributed by atoms with Gasteiger partial charge in [0.2, 0.25) is 0 Å². The first-order valence-electron chi connectivity index (χ1n) is 6.49. The normalized spacial score (nSPS) is 14.6. The summed E-state index contributed by atoms with van der Waals surface area (Å²) in [6, 6.07) is 4.35. The number of nitrogens with zero attached hydrogens (tertiary/aromatic N) is 2. The van der Waals surface area contributed by atoms with Gasteiger partial charge in [0.05, 0.1) is 22.1 Å². The molecular formula is C14H12N4OS. The molecule has 3 heterocycles. The van der Waals surface area contributed by atoms with Crippen molar-refractivity contribution in [1.29, 1.82) is 0 Å². The number of rotatable bonds is 4. The third-order valence-electron chi connectivity index (χ3n) is 3.41. The molecule has 0 spiro atoms. The molecule has 5 nitrogen and oxygen atoms in total. The Labute approximate surface area is 119 Å². The highest BCUT2D eigenvalue weighted by atomic mass is 32.1. The first kappa shape index (κ1) is 11.6. The number of anilines is 1. The summed E-state index contributed by atoms with van der Waals surface area (Å²) in [7, 11) is 0. The summed E-state index contributed by atoms with van der Waals surface area (Å²) in [5.74, 6) is 0. The molecular weight excluding hydrogens is 272 g/mol. The van der Waals surface area contributed by atoms with Crippen LogP contribution in [0.1, 0.15) is 22.5 Å². The molecule has 1 aliphatic carbocycles. The lowest BCUT2D eigenvalue weighted by Crippen LogP contribution is -2.03. The SMILES string of the molecule is O=Cc1ccc(-c2cnc3[nH]ncc3c2NC2CC2)s1. The van der Waals surface area contributed by atoms with E-state index in [0.717, 1.165) is 38.3 Å². The molecule has 6 heteroatoms. The number of carbonyl (C=O) groups excluding carboxylic acids is 1. The van der Waals surface area contributed by atoms with Crippen LogP contribution in [0.5, 0.6) is 0 Å². The van der Waals surface area contributed by atoms with Crippen LogP contribution in [0.4, 0.5) is 5.69 Å². The van der Waals surface area contributed by atoms with Gasteiger partial charge in [0, 0.05) is 22.7 Å². The molecule has 0 saturated heterocycles. The van der Waals surface area contributed by atoms with E-state index < -0.39 is 0 Å². The topological polar surface area (TPSA) is 70.7 Å². The van der Waals surface area contributed by atoms with E-state index in [0.29, 0.717) is 6.04 Å². The Balaban J connectivity index is 1.89. The molecule has 1 saturated carbocycles. The number of hydrogen-bond acceptors (Lipinski definition) is 5. The van der Waals surface area contributed by atoms with Crippen molar-refractivity contribution in [2.24, 2.45) is 0 Å². The van der Waals surface area contributed by atoms with E-state index in [1.807, 2.05) is 18.3 Å². The van der Waals surface area contributed by atoms with Crippen molar-refractivity contribution in [3.8, 4) is 10.4 Å². The summed E-state index contributed by atoms with van der Waals surface area (Å²) in [4.78, 5) is 17.0. The number of nitrogens with one attached hydrogen (secondary N) is 2. The van der Waals surface area contributed by atoms with Crippen LogP contribution in [-0.4, -0.2) is 27.5 Å². The molecule has 20 heavy (non-hydrogen) atoms. The van der Waals surface area contributed by atoms with E-state index in [1.54, 1.807) is 6.20 Å². The molecule has 3 aromatic rings. The van der Waals surface area contributed by atoms with Gasteiger partial charge < -0.3 is 5.32 Å². The molecule has 0 bridgehead atoms. The Morgan fingerprint density at radius 2 is 2.25 bits per heavy atom. The maximum absolute atomic E-state index is 10.9.